The van der Waals surface area contributed by atoms with Crippen LogP contribution in [-0.2, 0) is 11.3 Å². The number of nitro groups is 1. The number of nitrogens with zero attached hydrogens (tertiary/aromatic N) is 2. The lowest BCUT2D eigenvalue weighted by Crippen LogP contribution is -2.15. The number of carbonyl (C=O) groups excluding carboxylic acids is 2. The summed E-state index contributed by atoms with van der Waals surface area (Å²) in [7, 11) is 0. The second kappa shape index (κ2) is 7.84. The lowest BCUT2D eigenvalue weighted by Gasteiger charge is -2.08. The molecule has 1 aliphatic carbocycles. The van der Waals surface area contributed by atoms with E-state index in [0.29, 0.717) is 11.3 Å². The first-order chi connectivity index (χ1) is 13.3. The van der Waals surface area contributed by atoms with E-state index in [4.69, 9.17) is 4.74 Å². The fraction of sp³-hybridized carbons (Fsp3) is 0.400. The van der Waals surface area contributed by atoms with Crippen molar-refractivity contribution in [2.45, 2.75) is 46.2 Å². The van der Waals surface area contributed by atoms with Gasteiger partial charge in [-0.3, -0.25) is 14.9 Å². The topological polar surface area (TPSA) is 103 Å². The van der Waals surface area contributed by atoms with Crippen molar-refractivity contribution in [2.75, 3.05) is 11.9 Å². The minimum atomic E-state index is -0.765. The fourth-order valence-electron chi connectivity index (χ4n) is 3.24. The van der Waals surface area contributed by atoms with E-state index in [1.165, 1.54) is 18.2 Å². The summed E-state index contributed by atoms with van der Waals surface area (Å²) in [5, 5.41) is 14.4. The van der Waals surface area contributed by atoms with Crippen molar-refractivity contribution in [1.82, 2.24) is 4.57 Å². The highest BCUT2D eigenvalue weighted by atomic mass is 16.6. The Kier molecular flexibility index (Phi) is 5.48. The van der Waals surface area contributed by atoms with Gasteiger partial charge in [-0.25, -0.2) is 4.79 Å². The number of nitro benzene ring substituents is 1. The molecule has 1 heterocycles. The Labute approximate surface area is 162 Å². The molecular weight excluding hydrogens is 362 g/mol. The molecule has 1 fully saturated rings. The lowest BCUT2D eigenvalue weighted by atomic mass is 10.1. The highest BCUT2D eigenvalue weighted by Crippen LogP contribution is 2.31. The van der Waals surface area contributed by atoms with E-state index in [9.17, 15) is 19.7 Å². The normalized spacial score (nSPS) is 13.2. The van der Waals surface area contributed by atoms with Gasteiger partial charge < -0.3 is 14.6 Å². The molecule has 0 aliphatic heterocycles. The van der Waals surface area contributed by atoms with Gasteiger partial charge in [0.1, 0.15) is 5.69 Å². The number of nitrogens with one attached hydrogen (secondary N) is 1. The van der Waals surface area contributed by atoms with Gasteiger partial charge in [-0.05, 0) is 51.8 Å². The van der Waals surface area contributed by atoms with Crippen LogP contribution in [0.4, 0.5) is 11.4 Å². The van der Waals surface area contributed by atoms with Crippen LogP contribution in [0.3, 0.4) is 0 Å². The zero-order chi connectivity index (χ0) is 20.4. The molecule has 0 unspecified atom stereocenters. The van der Waals surface area contributed by atoms with Gasteiger partial charge in [0.15, 0.2) is 6.61 Å². The van der Waals surface area contributed by atoms with Crippen molar-refractivity contribution in [3.05, 3.63) is 56.9 Å². The molecule has 1 aliphatic rings. The minimum absolute atomic E-state index is 0.0416. The van der Waals surface area contributed by atoms with Crippen LogP contribution in [0, 0.1) is 24.0 Å². The Morgan fingerprint density at radius 1 is 1.29 bits per heavy atom. The molecule has 1 aromatic carbocycles. The molecule has 0 bridgehead atoms. The minimum Gasteiger partial charge on any atom is -0.454 e. The van der Waals surface area contributed by atoms with E-state index in [1.807, 2.05) is 25.3 Å². The van der Waals surface area contributed by atoms with Crippen molar-refractivity contribution < 1.29 is 19.2 Å². The number of rotatable bonds is 8. The summed E-state index contributed by atoms with van der Waals surface area (Å²) >= 11 is 0. The third kappa shape index (κ3) is 4.05. The van der Waals surface area contributed by atoms with E-state index in [-0.39, 0.29) is 23.1 Å². The Balaban J connectivity index is 1.70. The average molecular weight is 385 g/mol. The van der Waals surface area contributed by atoms with Crippen molar-refractivity contribution >= 4 is 23.1 Å². The van der Waals surface area contributed by atoms with Crippen LogP contribution in [0.5, 0.6) is 0 Å². The third-order valence-corrected chi connectivity index (χ3v) is 4.89. The van der Waals surface area contributed by atoms with Crippen LogP contribution in [0.15, 0.2) is 24.3 Å². The summed E-state index contributed by atoms with van der Waals surface area (Å²) in [6.07, 6.45) is 1.95. The largest absolute Gasteiger partial charge is 0.454 e. The monoisotopic (exact) mass is 385 g/mol. The molecule has 8 heteroatoms. The van der Waals surface area contributed by atoms with Crippen molar-refractivity contribution in [1.29, 1.82) is 0 Å². The molecular formula is C20H23N3O5. The smallest absolute Gasteiger partial charge is 0.338 e. The maximum absolute atomic E-state index is 12.4. The summed E-state index contributed by atoms with van der Waals surface area (Å²) in [5.74, 6) is -1.07. The highest BCUT2D eigenvalue weighted by molar-refractivity contribution is 6.00. The molecule has 0 atom stereocenters. The molecule has 0 amide bonds. The number of carbonyl (C=O) groups is 2. The quantitative estimate of drug-likeness (QED) is 0.322. The predicted molar refractivity (Wildman–Crippen MR) is 104 cm³/mol. The van der Waals surface area contributed by atoms with Crippen LogP contribution in [-0.4, -0.2) is 33.9 Å². The number of aryl methyl sites for hydroxylation is 1. The number of ketones is 1. The maximum atomic E-state index is 12.4. The third-order valence-electron chi connectivity index (χ3n) is 4.89. The molecule has 2 aromatic rings. The molecule has 1 N–H and O–H groups in total. The Morgan fingerprint density at radius 2 is 2.00 bits per heavy atom. The van der Waals surface area contributed by atoms with Crippen LogP contribution < -0.4 is 5.32 Å². The van der Waals surface area contributed by atoms with E-state index < -0.39 is 17.5 Å². The lowest BCUT2D eigenvalue weighted by molar-refractivity contribution is -0.384. The zero-order valence-corrected chi connectivity index (χ0v) is 16.2. The van der Waals surface area contributed by atoms with Crippen LogP contribution in [0.2, 0.25) is 0 Å². The van der Waals surface area contributed by atoms with Crippen molar-refractivity contribution in [3.63, 3.8) is 0 Å². The van der Waals surface area contributed by atoms with Gasteiger partial charge in [0.25, 0.3) is 5.69 Å². The summed E-state index contributed by atoms with van der Waals surface area (Å²) in [6, 6.07) is 6.17. The van der Waals surface area contributed by atoms with Crippen molar-refractivity contribution in [2.24, 2.45) is 0 Å². The second-order valence-corrected chi connectivity index (χ2v) is 6.94. The van der Waals surface area contributed by atoms with Gasteiger partial charge in [-0.1, -0.05) is 0 Å². The summed E-state index contributed by atoms with van der Waals surface area (Å²) in [6.45, 7) is 6.08. The predicted octanol–water partition coefficient (Wildman–Crippen LogP) is 3.65. The number of hydrogen-bond acceptors (Lipinski definition) is 6. The molecule has 28 heavy (non-hydrogen) atoms. The average Bonchev–Trinajstić information content (AvgIpc) is 3.43. The first-order valence-electron chi connectivity index (χ1n) is 9.23. The number of esters is 1. The first kappa shape index (κ1) is 19.6. The Hall–Kier alpha value is -3.16. The summed E-state index contributed by atoms with van der Waals surface area (Å²) in [4.78, 5) is 35.5. The maximum Gasteiger partial charge on any atom is 0.338 e. The van der Waals surface area contributed by atoms with E-state index in [2.05, 4.69) is 5.32 Å². The fourth-order valence-corrected chi connectivity index (χ4v) is 3.24. The molecule has 148 valence electrons. The van der Waals surface area contributed by atoms with Gasteiger partial charge in [-0.2, -0.15) is 0 Å². The second-order valence-electron chi connectivity index (χ2n) is 6.94. The first-order valence-corrected chi connectivity index (χ1v) is 9.23. The van der Waals surface area contributed by atoms with Crippen molar-refractivity contribution in [3.8, 4) is 0 Å². The Bertz CT molecular complexity index is 944. The molecule has 1 saturated carbocycles. The van der Waals surface area contributed by atoms with Crippen LogP contribution in [0.1, 0.15) is 51.9 Å². The number of anilines is 1. The molecule has 1 aromatic heterocycles. The zero-order valence-electron chi connectivity index (χ0n) is 16.2. The highest BCUT2D eigenvalue weighted by Gasteiger charge is 2.26. The van der Waals surface area contributed by atoms with Gasteiger partial charge in [0.05, 0.1) is 10.5 Å². The molecule has 8 nitrogen and oxygen atoms in total. The van der Waals surface area contributed by atoms with Crippen LogP contribution in [0.25, 0.3) is 0 Å². The van der Waals surface area contributed by atoms with Crippen LogP contribution >= 0.6 is 0 Å². The number of aromatic nitrogens is 1. The summed E-state index contributed by atoms with van der Waals surface area (Å²) < 4.78 is 7.11. The van der Waals surface area contributed by atoms with Gasteiger partial charge >= 0.3 is 5.97 Å². The molecule has 3 rings (SSSR count). The van der Waals surface area contributed by atoms with Gasteiger partial charge in [0.2, 0.25) is 5.78 Å². The number of hydrogen-bond donors (Lipinski definition) is 1. The Morgan fingerprint density at radius 3 is 2.57 bits per heavy atom. The van der Waals surface area contributed by atoms with Gasteiger partial charge in [0, 0.05) is 35.6 Å². The SMILES string of the molecule is CCn1c(C)cc(C(=O)COC(=O)c2ccc(NC3CC3)c([N+](=O)[O-])c2)c1C. The molecule has 0 saturated heterocycles. The number of Topliss-reactive ketones (excluding diaryl/α,β-unsaturated/α-hetero) is 1. The standard InChI is InChI=1S/C20H23N3O5/c1-4-22-12(2)9-16(13(22)3)19(24)11-28-20(25)14-5-8-17(21-15-6-7-15)18(10-14)23(26)27/h5,8-10,15,21H,4,6-7,11H2,1-3H3. The number of ether oxygens (including phenoxy) is 1. The van der Waals surface area contributed by atoms with E-state index >= 15 is 0 Å². The van der Waals surface area contributed by atoms with Gasteiger partial charge in [-0.15, -0.1) is 0 Å². The number of benzene rings is 1. The summed E-state index contributed by atoms with van der Waals surface area (Å²) in [5.41, 5.74) is 2.55. The molecule has 0 radical (unpaired) electrons. The molecule has 0 spiro atoms. The van der Waals surface area contributed by atoms with E-state index in [1.54, 1.807) is 6.07 Å². The van der Waals surface area contributed by atoms with E-state index in [0.717, 1.165) is 30.8 Å².